The van der Waals surface area contributed by atoms with Crippen LogP contribution in [0.2, 0.25) is 5.02 Å². The third-order valence-electron chi connectivity index (χ3n) is 2.79. The van der Waals surface area contributed by atoms with Crippen LogP contribution in [-0.4, -0.2) is 19.6 Å². The van der Waals surface area contributed by atoms with E-state index < -0.39 is 0 Å². The van der Waals surface area contributed by atoms with Crippen molar-refractivity contribution in [2.45, 2.75) is 0 Å². The van der Waals surface area contributed by atoms with E-state index in [4.69, 9.17) is 26.3 Å². The summed E-state index contributed by atoms with van der Waals surface area (Å²) in [6.07, 6.45) is 0. The van der Waals surface area contributed by atoms with E-state index >= 15 is 0 Å². The number of ether oxygens (including phenoxy) is 2. The maximum absolute atomic E-state index is 11.8. The summed E-state index contributed by atoms with van der Waals surface area (Å²) >= 11 is 5.98. The van der Waals surface area contributed by atoms with Crippen LogP contribution in [0, 0.1) is 11.3 Å². The largest absolute Gasteiger partial charge is 0.495 e. The van der Waals surface area contributed by atoms with Gasteiger partial charge in [-0.2, -0.15) is 5.26 Å². The van der Waals surface area contributed by atoms with E-state index in [-0.39, 0.29) is 12.5 Å². The van der Waals surface area contributed by atoms with E-state index in [2.05, 4.69) is 5.32 Å². The smallest absolute Gasteiger partial charge is 0.262 e. The highest BCUT2D eigenvalue weighted by molar-refractivity contribution is 6.32. The molecule has 0 aliphatic rings. The number of amides is 1. The number of nitrogens with zero attached hydrogens (tertiary/aromatic N) is 1. The van der Waals surface area contributed by atoms with Crippen LogP contribution in [-0.2, 0) is 4.79 Å². The molecule has 0 spiro atoms. The molecular weight excluding hydrogens is 304 g/mol. The zero-order chi connectivity index (χ0) is 15.9. The lowest BCUT2D eigenvalue weighted by Crippen LogP contribution is -2.20. The molecule has 5 nitrogen and oxygen atoms in total. The zero-order valence-corrected chi connectivity index (χ0v) is 12.6. The monoisotopic (exact) mass is 316 g/mol. The SMILES string of the molecule is COc1ccc(NC(=O)COc2ccc(C#N)cc2)cc1Cl. The number of nitriles is 1. The standard InChI is InChI=1S/C16H13ClN2O3/c1-21-15-7-4-12(8-14(15)17)19-16(20)10-22-13-5-2-11(9-18)3-6-13/h2-8H,10H2,1H3,(H,19,20). The molecule has 1 amide bonds. The number of carbonyl (C=O) groups excluding carboxylic acids is 1. The van der Waals surface area contributed by atoms with Gasteiger partial charge in [-0.25, -0.2) is 0 Å². The molecule has 2 rings (SSSR count). The van der Waals surface area contributed by atoms with E-state index in [1.807, 2.05) is 6.07 Å². The van der Waals surface area contributed by atoms with Crippen LogP contribution < -0.4 is 14.8 Å². The Labute approximate surface area is 133 Å². The Morgan fingerprint density at radius 1 is 1.27 bits per heavy atom. The zero-order valence-electron chi connectivity index (χ0n) is 11.8. The average Bonchev–Trinajstić information content (AvgIpc) is 2.53. The first-order valence-electron chi connectivity index (χ1n) is 6.38. The third kappa shape index (κ3) is 4.14. The molecule has 0 saturated carbocycles. The number of rotatable bonds is 5. The Hall–Kier alpha value is -2.71. The van der Waals surface area contributed by atoms with Gasteiger partial charge >= 0.3 is 0 Å². The van der Waals surface area contributed by atoms with Gasteiger partial charge in [-0.05, 0) is 42.5 Å². The lowest BCUT2D eigenvalue weighted by atomic mass is 10.2. The van der Waals surface area contributed by atoms with Crippen molar-refractivity contribution >= 4 is 23.2 Å². The first-order chi connectivity index (χ1) is 10.6. The Morgan fingerprint density at radius 2 is 2.00 bits per heavy atom. The van der Waals surface area contributed by atoms with Crippen LogP contribution >= 0.6 is 11.6 Å². The first kappa shape index (κ1) is 15.7. The van der Waals surface area contributed by atoms with Crippen LogP contribution in [0.1, 0.15) is 5.56 Å². The molecule has 0 radical (unpaired) electrons. The highest BCUT2D eigenvalue weighted by Crippen LogP contribution is 2.27. The number of carbonyl (C=O) groups is 1. The van der Waals surface area contributed by atoms with Crippen LogP contribution in [0.4, 0.5) is 5.69 Å². The van der Waals surface area contributed by atoms with E-state index in [0.29, 0.717) is 27.8 Å². The minimum Gasteiger partial charge on any atom is -0.495 e. The molecule has 0 aliphatic carbocycles. The van der Waals surface area contributed by atoms with Gasteiger partial charge < -0.3 is 14.8 Å². The fourth-order valence-electron chi connectivity index (χ4n) is 1.72. The minimum absolute atomic E-state index is 0.143. The molecule has 0 bridgehead atoms. The second kappa shape index (κ2) is 7.34. The molecule has 6 heteroatoms. The molecule has 1 N–H and O–H groups in total. The molecule has 112 valence electrons. The van der Waals surface area contributed by atoms with Crippen molar-refractivity contribution in [2.24, 2.45) is 0 Å². The molecule has 0 aliphatic heterocycles. The summed E-state index contributed by atoms with van der Waals surface area (Å²) in [6.45, 7) is -0.143. The molecule has 22 heavy (non-hydrogen) atoms. The molecule has 0 atom stereocenters. The van der Waals surface area contributed by atoms with E-state index in [1.165, 1.54) is 7.11 Å². The molecule has 0 aromatic heterocycles. The topological polar surface area (TPSA) is 71.3 Å². The maximum atomic E-state index is 11.8. The van der Waals surface area contributed by atoms with Gasteiger partial charge in [-0.1, -0.05) is 11.6 Å². The van der Waals surface area contributed by atoms with Gasteiger partial charge in [0.2, 0.25) is 0 Å². The van der Waals surface area contributed by atoms with Gasteiger partial charge in [0, 0.05) is 5.69 Å². The first-order valence-corrected chi connectivity index (χ1v) is 6.76. The predicted molar refractivity (Wildman–Crippen MR) is 83.3 cm³/mol. The Kier molecular flexibility index (Phi) is 5.23. The number of nitrogens with one attached hydrogen (secondary N) is 1. The fourth-order valence-corrected chi connectivity index (χ4v) is 1.97. The minimum atomic E-state index is -0.314. The number of halogens is 1. The summed E-state index contributed by atoms with van der Waals surface area (Å²) in [6, 6.07) is 13.5. The maximum Gasteiger partial charge on any atom is 0.262 e. The average molecular weight is 317 g/mol. The Bertz CT molecular complexity index is 708. The summed E-state index contributed by atoms with van der Waals surface area (Å²) in [4.78, 5) is 11.8. The summed E-state index contributed by atoms with van der Waals surface area (Å²) < 4.78 is 10.4. The molecule has 0 unspecified atom stereocenters. The van der Waals surface area contributed by atoms with E-state index in [0.717, 1.165) is 0 Å². The molecule has 2 aromatic rings. The summed E-state index contributed by atoms with van der Waals surface area (Å²) in [5.74, 6) is 0.737. The van der Waals surface area contributed by atoms with Crippen molar-refractivity contribution in [1.29, 1.82) is 5.26 Å². The lowest BCUT2D eigenvalue weighted by Gasteiger charge is -2.09. The molecule has 0 heterocycles. The highest BCUT2D eigenvalue weighted by atomic mass is 35.5. The molecule has 2 aromatic carbocycles. The number of hydrogen-bond donors (Lipinski definition) is 1. The second-order valence-electron chi connectivity index (χ2n) is 4.32. The van der Waals surface area contributed by atoms with Crippen molar-refractivity contribution < 1.29 is 14.3 Å². The molecular formula is C16H13ClN2O3. The van der Waals surface area contributed by atoms with Crippen molar-refractivity contribution in [3.8, 4) is 17.6 Å². The predicted octanol–water partition coefficient (Wildman–Crippen LogP) is 3.24. The van der Waals surface area contributed by atoms with Crippen LogP contribution in [0.3, 0.4) is 0 Å². The summed E-state index contributed by atoms with van der Waals surface area (Å²) in [5.41, 5.74) is 1.09. The number of benzene rings is 2. The highest BCUT2D eigenvalue weighted by Gasteiger charge is 2.06. The van der Waals surface area contributed by atoms with Gasteiger partial charge in [-0.15, -0.1) is 0 Å². The van der Waals surface area contributed by atoms with Gasteiger partial charge in [-0.3, -0.25) is 4.79 Å². The third-order valence-corrected chi connectivity index (χ3v) is 3.08. The summed E-state index contributed by atoms with van der Waals surface area (Å²) in [5, 5.41) is 11.8. The normalized spacial score (nSPS) is 9.68. The van der Waals surface area contributed by atoms with Crippen LogP contribution in [0.15, 0.2) is 42.5 Å². The van der Waals surface area contributed by atoms with Crippen molar-refractivity contribution in [2.75, 3.05) is 19.0 Å². The number of methoxy groups -OCH3 is 1. The summed E-state index contributed by atoms with van der Waals surface area (Å²) in [7, 11) is 1.52. The Balaban J connectivity index is 1.90. The Morgan fingerprint density at radius 3 is 2.59 bits per heavy atom. The molecule has 0 saturated heterocycles. The van der Waals surface area contributed by atoms with Crippen molar-refractivity contribution in [1.82, 2.24) is 0 Å². The second-order valence-corrected chi connectivity index (χ2v) is 4.73. The van der Waals surface area contributed by atoms with Gasteiger partial charge in [0.05, 0.1) is 23.8 Å². The quantitative estimate of drug-likeness (QED) is 0.919. The van der Waals surface area contributed by atoms with E-state index in [1.54, 1.807) is 42.5 Å². The lowest BCUT2D eigenvalue weighted by molar-refractivity contribution is -0.118. The van der Waals surface area contributed by atoms with Gasteiger partial charge in [0.1, 0.15) is 11.5 Å². The fraction of sp³-hybridized carbons (Fsp3) is 0.125. The van der Waals surface area contributed by atoms with Crippen molar-refractivity contribution in [3.63, 3.8) is 0 Å². The van der Waals surface area contributed by atoms with Crippen molar-refractivity contribution in [3.05, 3.63) is 53.1 Å². The number of anilines is 1. The van der Waals surface area contributed by atoms with Gasteiger partial charge in [0.25, 0.3) is 5.91 Å². The molecule has 0 fully saturated rings. The van der Waals surface area contributed by atoms with Crippen LogP contribution in [0.25, 0.3) is 0 Å². The van der Waals surface area contributed by atoms with E-state index in [9.17, 15) is 4.79 Å². The number of hydrogen-bond acceptors (Lipinski definition) is 4. The van der Waals surface area contributed by atoms with Gasteiger partial charge in [0.15, 0.2) is 6.61 Å². The van der Waals surface area contributed by atoms with Crippen LogP contribution in [0.5, 0.6) is 11.5 Å².